The van der Waals surface area contributed by atoms with Crippen LogP contribution in [0.5, 0.6) is 0 Å². The van der Waals surface area contributed by atoms with Gasteiger partial charge < -0.3 is 9.80 Å². The monoisotopic (exact) mass is 443 g/mol. The number of rotatable bonds is 8. The van der Waals surface area contributed by atoms with Crippen LogP contribution >= 0.6 is 66.6 Å². The van der Waals surface area contributed by atoms with Crippen molar-refractivity contribution in [3.8, 4) is 0 Å². The van der Waals surface area contributed by atoms with E-state index in [-0.39, 0.29) is 0 Å². The van der Waals surface area contributed by atoms with Gasteiger partial charge in [-0.1, -0.05) is 0 Å². The maximum absolute atomic E-state index is 5.45. The molecule has 0 aromatic heterocycles. The predicted molar refractivity (Wildman–Crippen MR) is 89.6 cm³/mol. The summed E-state index contributed by atoms with van der Waals surface area (Å²) in [6, 6.07) is 0. The molecule has 0 unspecified atom stereocenters. The average Bonchev–Trinajstić information content (AvgIpc) is 2.32. The quantitative estimate of drug-likeness (QED) is 0.408. The Balaban J connectivity index is -0.000000224. The zero-order chi connectivity index (χ0) is 15.5. The average molecular weight is 447 g/mol. The fourth-order valence-corrected chi connectivity index (χ4v) is 1.95. The molecular weight excluding hydrogens is 424 g/mol. The van der Waals surface area contributed by atoms with Gasteiger partial charge in [0.2, 0.25) is 0 Å². The van der Waals surface area contributed by atoms with Gasteiger partial charge in [0.1, 0.15) is 0 Å². The number of halogens is 6. The fourth-order valence-electron chi connectivity index (χ4n) is 0.801. The van der Waals surface area contributed by atoms with Crippen molar-refractivity contribution in [1.29, 1.82) is 0 Å². The van der Waals surface area contributed by atoms with Crippen LogP contribution in [-0.4, -0.2) is 73.6 Å². The van der Waals surface area contributed by atoms with E-state index in [9.17, 15) is 0 Å². The van der Waals surface area contributed by atoms with E-state index in [0.717, 1.165) is 39.3 Å². The summed E-state index contributed by atoms with van der Waals surface area (Å²) < 4.78 is 0. The first kappa shape index (κ1) is 26.1. The van der Waals surface area contributed by atoms with Crippen LogP contribution in [0.25, 0.3) is 0 Å². The van der Waals surface area contributed by atoms with Crippen LogP contribution in [0, 0.1) is 0 Å². The van der Waals surface area contributed by atoms with E-state index in [1.54, 1.807) is 0 Å². The molecule has 0 spiro atoms. The standard InChI is InChI=1S/2C5H11Cl2N.2ClH.Cu/c2*1-8(4-2-6)5-3-7;;;/h2*2-5H2,1H3;2*1H;/q;;;;+2/p-2. The third-order valence-corrected chi connectivity index (χ3v) is 2.54. The summed E-state index contributed by atoms with van der Waals surface area (Å²) in [5.41, 5.74) is 0. The number of nitrogens with zero attached hydrogens (tertiary/aromatic N) is 2. The minimum absolute atomic E-state index is 0.688. The van der Waals surface area contributed by atoms with Gasteiger partial charge in [-0.3, -0.25) is 0 Å². The molecule has 0 aliphatic heterocycles. The van der Waals surface area contributed by atoms with Gasteiger partial charge in [-0.25, -0.2) is 0 Å². The molecule has 2 nitrogen and oxygen atoms in total. The van der Waals surface area contributed by atoms with E-state index < -0.39 is 0 Å². The Hall–Kier alpha value is 2.18. The van der Waals surface area contributed by atoms with Crippen molar-refractivity contribution in [3.05, 3.63) is 0 Å². The van der Waals surface area contributed by atoms with E-state index >= 15 is 0 Å². The molecule has 0 saturated heterocycles. The van der Waals surface area contributed by atoms with Crippen LogP contribution in [0.2, 0.25) is 0 Å². The Kier molecular flexibility index (Phi) is 34.5. The van der Waals surface area contributed by atoms with Gasteiger partial charge in [-0.15, -0.1) is 46.4 Å². The first-order valence-corrected chi connectivity index (χ1v) is 10.2. The summed E-state index contributed by atoms with van der Waals surface area (Å²) in [4.78, 5) is 4.19. The molecule has 0 aliphatic carbocycles. The van der Waals surface area contributed by atoms with E-state index in [2.05, 4.69) is 30.0 Å². The number of hydrogen-bond acceptors (Lipinski definition) is 2. The molecule has 0 rings (SSSR count). The van der Waals surface area contributed by atoms with E-state index in [1.165, 1.54) is 0 Å². The zero-order valence-corrected chi connectivity index (χ0v) is 16.6. The van der Waals surface area contributed by atoms with Gasteiger partial charge in [0.25, 0.3) is 0 Å². The molecule has 0 fully saturated rings. The molecule has 0 aromatic carbocycles. The Labute approximate surface area is 152 Å². The van der Waals surface area contributed by atoms with Crippen molar-refractivity contribution in [1.82, 2.24) is 9.80 Å². The Morgan fingerprint density at radius 3 is 0.895 bits per heavy atom. The second kappa shape index (κ2) is 25.2. The predicted octanol–water partition coefficient (Wildman–Crippen LogP) is 4.17. The number of hydrogen-bond donors (Lipinski definition) is 0. The van der Waals surface area contributed by atoms with Crippen molar-refractivity contribution in [3.63, 3.8) is 0 Å². The summed E-state index contributed by atoms with van der Waals surface area (Å²) in [5, 5.41) is 0. The first-order chi connectivity index (χ1) is 9.03. The van der Waals surface area contributed by atoms with Gasteiger partial charge in [-0.05, 0) is 14.1 Å². The van der Waals surface area contributed by atoms with Crippen LogP contribution < -0.4 is 0 Å². The van der Waals surface area contributed by atoms with Gasteiger partial charge in [0, 0.05) is 49.7 Å². The summed E-state index contributed by atoms with van der Waals surface area (Å²) in [6.45, 7) is 3.70. The van der Waals surface area contributed by atoms with Gasteiger partial charge in [-0.2, -0.15) is 0 Å². The summed E-state index contributed by atoms with van der Waals surface area (Å²) in [5.74, 6) is 2.75. The van der Waals surface area contributed by atoms with Gasteiger partial charge in [0.05, 0.1) is 0 Å². The second-order valence-corrected chi connectivity index (χ2v) is 6.47. The van der Waals surface area contributed by atoms with E-state index in [0.29, 0.717) is 23.5 Å². The molecular formula is C10H22Cl6CuN2. The van der Waals surface area contributed by atoms with Crippen molar-refractivity contribution < 1.29 is 13.1 Å². The summed E-state index contributed by atoms with van der Waals surface area (Å²) >= 11 is 22.5. The third-order valence-electron chi connectivity index (χ3n) is 1.86. The molecule has 0 amide bonds. The molecule has 0 N–H and O–H groups in total. The van der Waals surface area contributed by atoms with Crippen LogP contribution in [0.15, 0.2) is 0 Å². The van der Waals surface area contributed by atoms with Crippen LogP contribution in [0.1, 0.15) is 0 Å². The van der Waals surface area contributed by atoms with Gasteiger partial charge in [0.15, 0.2) is 0 Å². The molecule has 0 aliphatic rings. The van der Waals surface area contributed by atoms with E-state index in [1.807, 2.05) is 14.1 Å². The summed E-state index contributed by atoms with van der Waals surface area (Å²) in [7, 11) is 13.3. The molecule has 0 atom stereocenters. The minimum atomic E-state index is 0.688. The molecule has 0 radical (unpaired) electrons. The van der Waals surface area contributed by atoms with Crippen molar-refractivity contribution in [2.75, 3.05) is 63.8 Å². The molecule has 19 heavy (non-hydrogen) atoms. The molecule has 125 valence electrons. The third kappa shape index (κ3) is 33.2. The summed E-state index contributed by atoms with van der Waals surface area (Å²) in [6.07, 6.45) is 0. The van der Waals surface area contributed by atoms with Crippen LogP contribution in [0.3, 0.4) is 0 Å². The molecule has 0 heterocycles. The van der Waals surface area contributed by atoms with Crippen LogP contribution in [-0.2, 0) is 13.1 Å². The second-order valence-electron chi connectivity index (χ2n) is 3.41. The maximum atomic E-state index is 5.45. The van der Waals surface area contributed by atoms with E-state index in [4.69, 9.17) is 46.4 Å². The van der Waals surface area contributed by atoms with Crippen LogP contribution in [0.4, 0.5) is 0 Å². The van der Waals surface area contributed by atoms with Crippen molar-refractivity contribution in [2.24, 2.45) is 0 Å². The topological polar surface area (TPSA) is 6.48 Å². The molecule has 0 bridgehead atoms. The zero-order valence-electron chi connectivity index (χ0n) is 11.1. The van der Waals surface area contributed by atoms with Crippen molar-refractivity contribution in [2.45, 2.75) is 0 Å². The van der Waals surface area contributed by atoms with Crippen molar-refractivity contribution >= 4 is 66.6 Å². The molecule has 9 heteroatoms. The Morgan fingerprint density at radius 2 is 0.789 bits per heavy atom. The SMILES string of the molecule is CN(CCCl)CCCl.CN(CCCl)CCCl.[Cl][Cu][Cl]. The normalized spacial score (nSPS) is 10.0. The van der Waals surface area contributed by atoms with Gasteiger partial charge >= 0.3 is 33.3 Å². The molecule has 0 aromatic rings. The fraction of sp³-hybridized carbons (Fsp3) is 1.00. The first-order valence-electron chi connectivity index (χ1n) is 5.46. The number of alkyl halides is 4. The Bertz CT molecular complexity index is 121. The molecule has 0 saturated carbocycles. The Morgan fingerprint density at radius 1 is 0.632 bits per heavy atom.